The highest BCUT2D eigenvalue weighted by Gasteiger charge is 2.52. The van der Waals surface area contributed by atoms with Crippen LogP contribution in [-0.4, -0.2) is 28.6 Å². The molecule has 2 aliphatic heterocycles. The topological polar surface area (TPSA) is 63.7 Å². The maximum atomic E-state index is 12.3. The number of esters is 1. The summed E-state index contributed by atoms with van der Waals surface area (Å²) in [5, 5.41) is 0. The summed E-state index contributed by atoms with van der Waals surface area (Å²) in [6.07, 6.45) is 6.16. The van der Waals surface area contributed by atoms with Crippen LogP contribution in [0.4, 0.5) is 0 Å². The molecule has 0 spiro atoms. The predicted octanol–water partition coefficient (Wildman–Crippen LogP) is 2.38. The molecule has 24 heavy (non-hydrogen) atoms. The molecule has 0 aromatic heterocycles. The van der Waals surface area contributed by atoms with Gasteiger partial charge >= 0.3 is 5.97 Å². The van der Waals surface area contributed by atoms with Crippen LogP contribution in [-0.2, 0) is 25.7 Å². The number of rotatable bonds is 6. The van der Waals surface area contributed by atoms with Gasteiger partial charge < -0.3 is 9.64 Å². The van der Waals surface area contributed by atoms with Crippen molar-refractivity contribution in [2.24, 2.45) is 5.92 Å². The highest BCUT2D eigenvalue weighted by atomic mass is 16.5. The van der Waals surface area contributed by atoms with Gasteiger partial charge in [-0.15, -0.1) is 0 Å². The molecule has 1 saturated heterocycles. The van der Waals surface area contributed by atoms with E-state index >= 15 is 0 Å². The van der Waals surface area contributed by atoms with Gasteiger partial charge in [-0.25, -0.2) is 4.79 Å². The zero-order chi connectivity index (χ0) is 17.1. The number of carbonyl (C=O) groups excluding carboxylic acids is 3. The summed E-state index contributed by atoms with van der Waals surface area (Å²) in [7, 11) is 0. The normalized spacial score (nSPS) is 22.1. The Morgan fingerprint density at radius 3 is 2.75 bits per heavy atom. The number of ketones is 1. The van der Waals surface area contributed by atoms with E-state index in [1.54, 1.807) is 12.2 Å². The van der Waals surface area contributed by atoms with Crippen LogP contribution in [0.15, 0.2) is 54.3 Å². The summed E-state index contributed by atoms with van der Waals surface area (Å²) in [5.74, 6) is -0.731. The molecule has 2 aliphatic rings. The number of benzene rings is 1. The second-order valence-electron chi connectivity index (χ2n) is 6.02. The number of β-lactam (4-membered cyclic amide) rings is 1. The molecule has 0 radical (unpaired) electrons. The van der Waals surface area contributed by atoms with E-state index in [1.807, 2.05) is 30.3 Å². The number of amides is 1. The third-order valence-electron chi connectivity index (χ3n) is 4.33. The van der Waals surface area contributed by atoms with Crippen molar-refractivity contribution < 1.29 is 19.1 Å². The zero-order valence-corrected chi connectivity index (χ0v) is 13.5. The quantitative estimate of drug-likeness (QED) is 0.458. The first-order valence-corrected chi connectivity index (χ1v) is 7.99. The molecule has 2 atom stereocenters. The molecular formula is C19H19NO4. The Balaban J connectivity index is 1.55. The van der Waals surface area contributed by atoms with Crippen LogP contribution in [0, 0.1) is 5.92 Å². The number of ether oxygens (including phenoxy) is 1. The smallest absolute Gasteiger partial charge is 0.355 e. The summed E-state index contributed by atoms with van der Waals surface area (Å²) in [4.78, 5) is 36.9. The molecule has 1 fully saturated rings. The third kappa shape index (κ3) is 3.15. The van der Waals surface area contributed by atoms with Gasteiger partial charge in [0.15, 0.2) is 5.78 Å². The molecule has 2 heterocycles. The number of carbonyl (C=O) groups is 3. The number of allylic oxidation sites excluding steroid dienone is 2. The Morgan fingerprint density at radius 1 is 1.29 bits per heavy atom. The fourth-order valence-corrected chi connectivity index (χ4v) is 3.12. The predicted molar refractivity (Wildman–Crippen MR) is 87.5 cm³/mol. The Morgan fingerprint density at radius 2 is 2.04 bits per heavy atom. The monoisotopic (exact) mass is 325 g/mol. The van der Waals surface area contributed by atoms with Gasteiger partial charge in [0.1, 0.15) is 12.3 Å². The molecular weight excluding hydrogens is 306 g/mol. The molecule has 0 N–H and O–H groups in total. The molecule has 5 nitrogen and oxygen atoms in total. The lowest BCUT2D eigenvalue weighted by atomic mass is 9.84. The molecule has 1 amide bonds. The van der Waals surface area contributed by atoms with Crippen LogP contribution in [0.1, 0.15) is 25.3 Å². The average molecular weight is 325 g/mol. The van der Waals surface area contributed by atoms with Crippen molar-refractivity contribution in [1.29, 1.82) is 0 Å². The first kappa shape index (κ1) is 16.2. The molecule has 0 aliphatic carbocycles. The van der Waals surface area contributed by atoms with Crippen LogP contribution in [0.25, 0.3) is 0 Å². The average Bonchev–Trinajstić information content (AvgIpc) is 2.97. The van der Waals surface area contributed by atoms with Crippen molar-refractivity contribution in [1.82, 2.24) is 4.90 Å². The van der Waals surface area contributed by atoms with Gasteiger partial charge in [-0.05, 0) is 31.4 Å². The Kier molecular flexibility index (Phi) is 4.60. The van der Waals surface area contributed by atoms with E-state index in [0.717, 1.165) is 5.56 Å². The molecule has 1 aromatic rings. The van der Waals surface area contributed by atoms with E-state index in [9.17, 15) is 14.4 Å². The van der Waals surface area contributed by atoms with Crippen molar-refractivity contribution in [3.05, 3.63) is 59.8 Å². The molecule has 2 unspecified atom stereocenters. The van der Waals surface area contributed by atoms with Crippen molar-refractivity contribution in [2.75, 3.05) is 0 Å². The maximum absolute atomic E-state index is 12.3. The lowest BCUT2D eigenvalue weighted by Crippen LogP contribution is -2.58. The highest BCUT2D eigenvalue weighted by molar-refractivity contribution is 5.99. The van der Waals surface area contributed by atoms with Crippen LogP contribution in [0.5, 0.6) is 0 Å². The zero-order valence-electron chi connectivity index (χ0n) is 13.5. The summed E-state index contributed by atoms with van der Waals surface area (Å²) < 4.78 is 5.30. The maximum Gasteiger partial charge on any atom is 0.355 e. The number of fused-ring (bicyclic) bond motifs is 1. The van der Waals surface area contributed by atoms with Crippen LogP contribution >= 0.6 is 0 Å². The van der Waals surface area contributed by atoms with Crippen LogP contribution in [0.2, 0.25) is 0 Å². The van der Waals surface area contributed by atoms with Gasteiger partial charge in [-0.1, -0.05) is 42.5 Å². The van der Waals surface area contributed by atoms with Gasteiger partial charge in [0, 0.05) is 0 Å². The Hall–Kier alpha value is -2.69. The van der Waals surface area contributed by atoms with E-state index in [4.69, 9.17) is 4.74 Å². The van der Waals surface area contributed by atoms with Crippen molar-refractivity contribution >= 4 is 17.7 Å². The molecule has 5 heteroatoms. The number of hydrogen-bond donors (Lipinski definition) is 0. The summed E-state index contributed by atoms with van der Waals surface area (Å²) in [6, 6.07) is 9.43. The number of hydrogen-bond acceptors (Lipinski definition) is 4. The van der Waals surface area contributed by atoms with E-state index in [2.05, 4.69) is 0 Å². The van der Waals surface area contributed by atoms with Gasteiger partial charge in [-0.2, -0.15) is 0 Å². The minimum Gasteiger partial charge on any atom is -0.456 e. The first-order valence-electron chi connectivity index (χ1n) is 7.99. The lowest BCUT2D eigenvalue weighted by molar-refractivity contribution is -0.157. The fourth-order valence-electron chi connectivity index (χ4n) is 3.12. The van der Waals surface area contributed by atoms with E-state index in [-0.39, 0.29) is 30.3 Å². The van der Waals surface area contributed by atoms with Crippen LogP contribution in [0.3, 0.4) is 0 Å². The first-order chi connectivity index (χ1) is 11.6. The summed E-state index contributed by atoms with van der Waals surface area (Å²) >= 11 is 0. The minimum atomic E-state index is -0.465. The lowest BCUT2D eigenvalue weighted by Gasteiger charge is -2.43. The van der Waals surface area contributed by atoms with E-state index < -0.39 is 5.97 Å². The van der Waals surface area contributed by atoms with Crippen molar-refractivity contribution in [2.45, 2.75) is 32.4 Å². The van der Waals surface area contributed by atoms with E-state index in [0.29, 0.717) is 18.5 Å². The summed E-state index contributed by atoms with van der Waals surface area (Å²) in [5.41, 5.74) is 1.25. The SMILES string of the molecule is CC(=O)C=CCC1C(=O)N2C(C(=O)OCc3ccccc3)=CCC12. The molecule has 124 valence electrons. The number of nitrogens with zero attached hydrogens (tertiary/aromatic N) is 1. The Bertz CT molecular complexity index is 720. The van der Waals surface area contributed by atoms with Gasteiger partial charge in [0.25, 0.3) is 0 Å². The van der Waals surface area contributed by atoms with Gasteiger partial charge in [0.2, 0.25) is 5.91 Å². The molecule has 1 aromatic carbocycles. The highest BCUT2D eigenvalue weighted by Crippen LogP contribution is 2.40. The largest absolute Gasteiger partial charge is 0.456 e. The molecule has 3 rings (SSSR count). The second-order valence-corrected chi connectivity index (χ2v) is 6.02. The molecule has 0 saturated carbocycles. The summed E-state index contributed by atoms with van der Waals surface area (Å²) in [6.45, 7) is 1.66. The standard InChI is InChI=1S/C19H19NO4/c1-13(21)6-5-9-15-16-10-11-17(20(16)18(15)22)19(23)24-12-14-7-3-2-4-8-14/h2-8,11,15-16H,9-10,12H2,1H3. The van der Waals surface area contributed by atoms with Gasteiger partial charge in [0.05, 0.1) is 12.0 Å². The van der Waals surface area contributed by atoms with Crippen molar-refractivity contribution in [3.8, 4) is 0 Å². The Labute approximate surface area is 140 Å². The van der Waals surface area contributed by atoms with Crippen molar-refractivity contribution in [3.63, 3.8) is 0 Å². The van der Waals surface area contributed by atoms with Crippen LogP contribution < -0.4 is 0 Å². The second kappa shape index (κ2) is 6.83. The van der Waals surface area contributed by atoms with Gasteiger partial charge in [-0.3, -0.25) is 9.59 Å². The third-order valence-corrected chi connectivity index (χ3v) is 4.33. The fraction of sp³-hybridized carbons (Fsp3) is 0.316. The minimum absolute atomic E-state index is 0.00776. The van der Waals surface area contributed by atoms with E-state index in [1.165, 1.54) is 17.9 Å². The molecule has 0 bridgehead atoms.